The normalized spacial score (nSPS) is 13.2. The van der Waals surface area contributed by atoms with E-state index < -0.39 is 35.3 Å². The topological polar surface area (TPSA) is 42.3 Å². The molecular weight excluding hydrogens is 751 g/mol. The van der Waals surface area contributed by atoms with E-state index in [1.54, 1.807) is 86.6 Å². The molecule has 10 heteroatoms. The van der Waals surface area contributed by atoms with Crippen LogP contribution in [0.15, 0.2) is 146 Å². The first-order valence-corrected chi connectivity index (χ1v) is 18.3. The molecule has 0 bridgehead atoms. The van der Waals surface area contributed by atoms with Crippen molar-refractivity contribution < 1.29 is 35.9 Å². The van der Waals surface area contributed by atoms with E-state index in [1.807, 2.05) is 47.0 Å². The van der Waals surface area contributed by atoms with Gasteiger partial charge in [0.15, 0.2) is 0 Å². The number of halogens is 6. The van der Waals surface area contributed by atoms with Gasteiger partial charge in [-0.2, -0.15) is 26.3 Å². The van der Waals surface area contributed by atoms with E-state index in [0.717, 1.165) is 34.2 Å². The molecule has 0 saturated heterocycles. The number of fused-ring (bicyclic) bond motifs is 4. The summed E-state index contributed by atoms with van der Waals surface area (Å²) >= 11 is 0. The highest BCUT2D eigenvalue weighted by Gasteiger charge is 2.40. The van der Waals surface area contributed by atoms with Crippen LogP contribution in [-0.2, 0) is 12.4 Å². The molecule has 0 atom stereocenters. The number of aromatic nitrogens is 1. The number of nitrogens with zero attached hydrogens (tertiary/aromatic N) is 2. The molecule has 7 aromatic carbocycles. The van der Waals surface area contributed by atoms with Crippen LogP contribution in [0.5, 0.6) is 0 Å². The Bertz CT molecular complexity index is 2980. The Morgan fingerprint density at radius 3 is 1.71 bits per heavy atom. The van der Waals surface area contributed by atoms with E-state index in [2.05, 4.69) is 0 Å². The van der Waals surface area contributed by atoms with E-state index in [1.165, 1.54) is 12.1 Å². The Labute approximate surface area is 328 Å². The molecule has 4 nitrogen and oxygen atoms in total. The molecule has 0 spiro atoms. The lowest BCUT2D eigenvalue weighted by Crippen LogP contribution is -2.29. The molecule has 8 aromatic rings. The summed E-state index contributed by atoms with van der Waals surface area (Å²) in [6, 6.07) is 39.7. The molecule has 0 radical (unpaired) electrons. The van der Waals surface area contributed by atoms with Crippen LogP contribution in [0.2, 0.25) is 0 Å². The highest BCUT2D eigenvalue weighted by molar-refractivity contribution is 6.35. The highest BCUT2D eigenvalue weighted by atomic mass is 19.4. The van der Waals surface area contributed by atoms with Crippen LogP contribution in [0, 0.1) is 13.8 Å². The quantitative estimate of drug-likeness (QED) is 0.129. The van der Waals surface area contributed by atoms with Crippen molar-refractivity contribution in [3.05, 3.63) is 179 Å². The van der Waals surface area contributed by atoms with Gasteiger partial charge in [0.25, 0.3) is 11.8 Å². The Kier molecular flexibility index (Phi) is 8.43. The number of imide groups is 1. The van der Waals surface area contributed by atoms with E-state index >= 15 is 0 Å². The van der Waals surface area contributed by atoms with Gasteiger partial charge in [0.1, 0.15) is 0 Å². The van der Waals surface area contributed by atoms with Gasteiger partial charge in [-0.05, 0) is 120 Å². The van der Waals surface area contributed by atoms with E-state index in [4.69, 9.17) is 0 Å². The summed E-state index contributed by atoms with van der Waals surface area (Å²) in [7, 11) is 0. The molecule has 9 rings (SSSR count). The van der Waals surface area contributed by atoms with Gasteiger partial charge in [-0.15, -0.1) is 0 Å². The molecule has 1 aromatic heterocycles. The number of anilines is 1. The van der Waals surface area contributed by atoms with Crippen molar-refractivity contribution in [1.29, 1.82) is 0 Å². The van der Waals surface area contributed by atoms with E-state index in [9.17, 15) is 35.9 Å². The number of benzene rings is 7. The number of amides is 2. The second kappa shape index (κ2) is 13.3. The van der Waals surface area contributed by atoms with Gasteiger partial charge in [-0.25, -0.2) is 4.90 Å². The van der Waals surface area contributed by atoms with Crippen LogP contribution in [0.3, 0.4) is 0 Å². The zero-order valence-electron chi connectivity index (χ0n) is 30.8. The maximum absolute atomic E-state index is 14.4. The molecule has 1 aliphatic rings. The van der Waals surface area contributed by atoms with Gasteiger partial charge < -0.3 is 4.57 Å². The smallest absolute Gasteiger partial charge is 0.308 e. The summed E-state index contributed by atoms with van der Waals surface area (Å²) in [5, 5.41) is 1.12. The Balaban J connectivity index is 1.23. The number of hydrogen-bond acceptors (Lipinski definition) is 2. The molecule has 2 heterocycles. The first-order chi connectivity index (χ1) is 27.7. The second-order valence-electron chi connectivity index (χ2n) is 14.4. The monoisotopic (exact) mass is 780 g/mol. The van der Waals surface area contributed by atoms with Crippen LogP contribution in [-0.4, -0.2) is 16.4 Å². The summed E-state index contributed by atoms with van der Waals surface area (Å²) in [5.74, 6) is -1.04. The molecule has 0 saturated carbocycles. The van der Waals surface area contributed by atoms with Crippen LogP contribution in [0.1, 0.15) is 43.0 Å². The van der Waals surface area contributed by atoms with Crippen molar-refractivity contribution in [2.75, 3.05) is 4.90 Å². The van der Waals surface area contributed by atoms with Gasteiger partial charge >= 0.3 is 12.4 Å². The number of carbonyl (C=O) groups is 2. The summed E-state index contributed by atoms with van der Waals surface area (Å²) in [5.41, 5.74) is 4.77. The summed E-state index contributed by atoms with van der Waals surface area (Å²) in [6.07, 6.45) is -9.17. The largest absolute Gasteiger partial charge is 0.417 e. The molecule has 2 amide bonds. The zero-order valence-corrected chi connectivity index (χ0v) is 30.8. The van der Waals surface area contributed by atoms with Crippen LogP contribution >= 0.6 is 0 Å². The first-order valence-electron chi connectivity index (χ1n) is 18.3. The third kappa shape index (κ3) is 6.03. The average Bonchev–Trinajstić information content (AvgIpc) is 3.66. The van der Waals surface area contributed by atoms with Crippen LogP contribution in [0.25, 0.3) is 60.9 Å². The zero-order chi connectivity index (χ0) is 40.7. The van der Waals surface area contributed by atoms with Crippen LogP contribution < -0.4 is 4.90 Å². The van der Waals surface area contributed by atoms with Gasteiger partial charge in [-0.3, -0.25) is 9.59 Å². The number of carbonyl (C=O) groups excluding carboxylic acids is 2. The maximum atomic E-state index is 14.4. The number of hydrogen-bond donors (Lipinski definition) is 0. The van der Waals surface area contributed by atoms with Crippen molar-refractivity contribution in [1.82, 2.24) is 4.57 Å². The molecular formula is C48H30F6N2O2. The van der Waals surface area contributed by atoms with E-state index in [-0.39, 0.29) is 16.7 Å². The first kappa shape index (κ1) is 36.7. The third-order valence-corrected chi connectivity index (χ3v) is 10.8. The predicted molar refractivity (Wildman–Crippen MR) is 214 cm³/mol. The van der Waals surface area contributed by atoms with E-state index in [0.29, 0.717) is 61.0 Å². The Hall–Kier alpha value is -6.94. The molecule has 58 heavy (non-hydrogen) atoms. The fourth-order valence-electron chi connectivity index (χ4n) is 8.05. The maximum Gasteiger partial charge on any atom is 0.417 e. The fraction of sp³-hybridized carbons (Fsp3) is 0.0833. The number of aryl methyl sites for hydroxylation is 2. The van der Waals surface area contributed by atoms with Gasteiger partial charge in [0, 0.05) is 10.8 Å². The van der Waals surface area contributed by atoms with Crippen molar-refractivity contribution in [3.63, 3.8) is 0 Å². The molecule has 0 unspecified atom stereocenters. The lowest BCUT2D eigenvalue weighted by molar-refractivity contribution is -0.138. The second-order valence-corrected chi connectivity index (χ2v) is 14.4. The summed E-state index contributed by atoms with van der Waals surface area (Å²) in [6.45, 7) is 3.18. The number of alkyl halides is 6. The molecule has 0 N–H and O–H groups in total. The van der Waals surface area contributed by atoms with Gasteiger partial charge in [0.05, 0.1) is 44.7 Å². The lowest BCUT2D eigenvalue weighted by atomic mass is 9.95. The molecule has 1 aliphatic heterocycles. The lowest BCUT2D eigenvalue weighted by Gasteiger charge is -2.16. The third-order valence-electron chi connectivity index (χ3n) is 10.8. The van der Waals surface area contributed by atoms with Crippen molar-refractivity contribution in [2.45, 2.75) is 26.2 Å². The average molecular weight is 781 g/mol. The molecule has 286 valence electrons. The van der Waals surface area contributed by atoms with Crippen molar-refractivity contribution >= 4 is 39.3 Å². The summed E-state index contributed by atoms with van der Waals surface area (Å²) in [4.78, 5) is 29.6. The fourth-order valence-corrected chi connectivity index (χ4v) is 8.05. The molecule has 0 aliphatic carbocycles. The minimum atomic E-state index is -4.64. The Morgan fingerprint density at radius 1 is 0.483 bits per heavy atom. The van der Waals surface area contributed by atoms with Gasteiger partial charge in [0.2, 0.25) is 0 Å². The minimum Gasteiger partial charge on any atom is -0.308 e. The Morgan fingerprint density at radius 2 is 1.09 bits per heavy atom. The van der Waals surface area contributed by atoms with Crippen LogP contribution in [0.4, 0.5) is 32.0 Å². The van der Waals surface area contributed by atoms with Gasteiger partial charge in [-0.1, -0.05) is 84.4 Å². The van der Waals surface area contributed by atoms with Crippen molar-refractivity contribution in [3.8, 4) is 39.1 Å². The number of rotatable bonds is 5. The summed E-state index contributed by atoms with van der Waals surface area (Å²) < 4.78 is 85.7. The highest BCUT2D eigenvalue weighted by Crippen LogP contribution is 2.43. The minimum absolute atomic E-state index is 0.0223. The molecule has 0 fully saturated rings. The standard InChI is InChI=1S/C48H30F6N2O2/c1-27-11-19-36(40(23-27)48(52,53)54)32-15-22-42-39(26-32)38-25-31(35-20-16-33(24-28(35)2)47(49,50)51)14-21-41(38)56(42)43-10-6-9-37-44(43)46(58)55(45(37)57)34-17-12-30(13-18-34)29-7-4-3-5-8-29/h3-26H,1-2H3. The predicted octanol–water partition coefficient (Wildman–Crippen LogP) is 13.2. The van der Waals surface area contributed by atoms with Crippen molar-refractivity contribution in [2.24, 2.45) is 0 Å². The SMILES string of the molecule is Cc1ccc(-c2ccc3c(c2)c2cc(-c4ccc(C(F)(F)F)cc4C)ccc2n3-c2cccc3c2C(=O)N(c2ccc(-c4ccccc4)cc2)C3=O)c(C(F)(F)F)c1.